The van der Waals surface area contributed by atoms with Gasteiger partial charge in [0.2, 0.25) is 0 Å². The molecule has 0 bridgehead atoms. The third-order valence-electron chi connectivity index (χ3n) is 20.0. The predicted molar refractivity (Wildman–Crippen MR) is 375 cm³/mol. The summed E-state index contributed by atoms with van der Waals surface area (Å²) in [7, 11) is 0. The van der Waals surface area contributed by atoms with Crippen LogP contribution in [0.15, 0.2) is 333 Å². The van der Waals surface area contributed by atoms with Crippen molar-refractivity contribution in [3.8, 4) is 22.3 Å². The van der Waals surface area contributed by atoms with Crippen LogP contribution in [0.4, 0.5) is 34.1 Å². The fourth-order valence-electron chi connectivity index (χ4n) is 16.4. The minimum atomic E-state index is -0.945. The van der Waals surface area contributed by atoms with Crippen LogP contribution in [0.2, 0.25) is 0 Å². The number of nitrogens with zero attached hydrogens (tertiary/aromatic N) is 2. The van der Waals surface area contributed by atoms with E-state index in [1.165, 1.54) is 55.6 Å². The topological polar surface area (TPSA) is 59.0 Å². The van der Waals surface area contributed by atoms with Crippen LogP contribution < -0.4 is 9.80 Å². The highest BCUT2D eigenvalue weighted by atomic mass is 16.3. The highest BCUT2D eigenvalue weighted by Crippen LogP contribution is 2.70. The first-order chi connectivity index (χ1) is 45.6. The minimum Gasteiger partial charge on any atom is -0.456 e. The Balaban J connectivity index is 0.880. The van der Waals surface area contributed by atoms with Crippen LogP contribution in [0.3, 0.4) is 0 Å². The molecule has 0 aliphatic heterocycles. The van der Waals surface area contributed by atoms with E-state index in [0.29, 0.717) is 0 Å². The van der Waals surface area contributed by atoms with Crippen molar-refractivity contribution < 1.29 is 17.7 Å². The molecule has 92 heavy (non-hydrogen) atoms. The summed E-state index contributed by atoms with van der Waals surface area (Å²) < 4.78 is 26.9. The lowest BCUT2D eigenvalue weighted by atomic mass is 9.49. The fourth-order valence-corrected chi connectivity index (χ4v) is 16.4. The van der Waals surface area contributed by atoms with Crippen molar-refractivity contribution in [2.24, 2.45) is 0 Å². The number of rotatable bonds is 9. The second-order valence-electron chi connectivity index (χ2n) is 24.6. The Hall–Kier alpha value is -12.1. The van der Waals surface area contributed by atoms with E-state index < -0.39 is 10.8 Å². The van der Waals surface area contributed by atoms with Crippen molar-refractivity contribution in [2.45, 2.75) is 10.8 Å². The zero-order chi connectivity index (χ0) is 60.2. The van der Waals surface area contributed by atoms with Gasteiger partial charge in [0.05, 0.1) is 10.8 Å². The number of furan rings is 4. The predicted octanol–water partition coefficient (Wildman–Crippen LogP) is 23.6. The van der Waals surface area contributed by atoms with Crippen molar-refractivity contribution >= 4 is 122 Å². The van der Waals surface area contributed by atoms with Crippen LogP contribution in [-0.2, 0) is 10.8 Å². The fraction of sp³-hybridized carbons (Fsp3) is 0.0233. The van der Waals surface area contributed by atoms with E-state index in [4.69, 9.17) is 17.7 Å². The molecule has 14 aromatic carbocycles. The molecule has 2 atom stereocenters. The number of benzene rings is 14. The van der Waals surface area contributed by atoms with Crippen LogP contribution in [0.25, 0.3) is 110 Å². The standard InChI is InChI=1S/C86H52N2O4/c1-3-19-53(20-4-1)85(73-29-13-7-23-61(73)63-41-35-55(47-75(63)85)87(57-37-43-69-65-25-9-15-31-77(65)89-81(69)49-57)58-38-44-70-66-26-10-16-32-78(66)90-82(70)50-58)86(54-21-5-2-6-22-54)74-30-14-8-24-62(74)64-42-36-56(48-76(64)86)88(59-39-45-71-67-27-11-17-33-79(67)91-83(71)51-59)60-40-46-72-68-28-12-18-34-80(68)92-84(72)52-60/h1-52H. The maximum atomic E-state index is 6.72. The van der Waals surface area contributed by atoms with E-state index >= 15 is 0 Å². The van der Waals surface area contributed by atoms with Gasteiger partial charge in [0.1, 0.15) is 44.7 Å². The van der Waals surface area contributed by atoms with Gasteiger partial charge in [-0.15, -0.1) is 0 Å². The zero-order valence-corrected chi connectivity index (χ0v) is 49.5. The normalized spacial score (nSPS) is 15.7. The molecule has 430 valence electrons. The largest absolute Gasteiger partial charge is 0.456 e. The third kappa shape index (κ3) is 6.98. The van der Waals surface area contributed by atoms with E-state index in [-0.39, 0.29) is 0 Å². The van der Waals surface area contributed by atoms with Crippen molar-refractivity contribution in [1.82, 2.24) is 0 Å². The van der Waals surface area contributed by atoms with Gasteiger partial charge in [0, 0.05) is 101 Å². The molecule has 2 unspecified atom stereocenters. The van der Waals surface area contributed by atoms with Gasteiger partial charge in [-0.05, 0) is 153 Å². The second kappa shape index (κ2) is 19.2. The SMILES string of the molecule is c1ccc(C2(C3(c4ccccc4)c4ccccc4-c4ccc(N(c5ccc6c(c5)oc5ccccc56)c5ccc6c(c5)oc5ccccc56)cc43)c3ccccc3-c3ccc(N(c4ccc5c(c4)oc4ccccc45)c4ccc5c(c4)oc4ccccc45)cc32)cc1. The number of hydrogen-bond donors (Lipinski definition) is 0. The molecular weight excluding hydrogens is 1120 g/mol. The molecule has 0 amide bonds. The van der Waals surface area contributed by atoms with Crippen LogP contribution in [-0.4, -0.2) is 0 Å². The van der Waals surface area contributed by atoms with Gasteiger partial charge >= 0.3 is 0 Å². The van der Waals surface area contributed by atoms with Crippen LogP contribution in [0.5, 0.6) is 0 Å². The summed E-state index contributed by atoms with van der Waals surface area (Å²) in [5.41, 5.74) is 22.4. The average molecular weight is 1180 g/mol. The van der Waals surface area contributed by atoms with Gasteiger partial charge in [0.15, 0.2) is 0 Å². The van der Waals surface area contributed by atoms with Gasteiger partial charge in [-0.25, -0.2) is 0 Å². The first-order valence-corrected chi connectivity index (χ1v) is 31.4. The van der Waals surface area contributed by atoms with Crippen molar-refractivity contribution in [1.29, 1.82) is 0 Å². The van der Waals surface area contributed by atoms with Gasteiger partial charge in [0.25, 0.3) is 0 Å². The molecule has 2 aliphatic carbocycles. The van der Waals surface area contributed by atoms with E-state index in [1.807, 2.05) is 48.5 Å². The third-order valence-corrected chi connectivity index (χ3v) is 20.0. The molecule has 0 radical (unpaired) electrons. The molecular formula is C86H52N2O4. The lowest BCUT2D eigenvalue weighted by Gasteiger charge is -2.51. The first kappa shape index (κ1) is 50.8. The summed E-state index contributed by atoms with van der Waals surface area (Å²) in [5.74, 6) is 0. The van der Waals surface area contributed by atoms with Gasteiger partial charge in [-0.3, -0.25) is 0 Å². The number of para-hydroxylation sites is 4. The summed E-state index contributed by atoms with van der Waals surface area (Å²) in [4.78, 5) is 4.77. The molecule has 0 spiro atoms. The molecule has 6 heteroatoms. The van der Waals surface area contributed by atoms with Gasteiger partial charge in [-0.2, -0.15) is 0 Å². The Morgan fingerprint density at radius 3 is 0.772 bits per heavy atom. The number of fused-ring (bicyclic) bond motifs is 18. The Labute approximate surface area is 528 Å². The summed E-state index contributed by atoms with van der Waals surface area (Å²) in [6, 6.07) is 115. The minimum absolute atomic E-state index is 0.813. The van der Waals surface area contributed by atoms with Crippen molar-refractivity contribution in [2.75, 3.05) is 9.80 Å². The smallest absolute Gasteiger partial charge is 0.137 e. The second-order valence-corrected chi connectivity index (χ2v) is 24.6. The molecule has 4 heterocycles. The molecule has 6 nitrogen and oxygen atoms in total. The molecule has 18 aromatic rings. The number of hydrogen-bond acceptors (Lipinski definition) is 6. The Morgan fingerprint density at radius 1 is 0.185 bits per heavy atom. The van der Waals surface area contributed by atoms with E-state index in [0.717, 1.165) is 122 Å². The molecule has 0 fully saturated rings. The summed E-state index contributed by atoms with van der Waals surface area (Å²) in [5, 5.41) is 8.60. The summed E-state index contributed by atoms with van der Waals surface area (Å²) in [6.45, 7) is 0. The molecule has 20 rings (SSSR count). The zero-order valence-electron chi connectivity index (χ0n) is 49.5. The first-order valence-electron chi connectivity index (χ1n) is 31.4. The van der Waals surface area contributed by atoms with Crippen LogP contribution >= 0.6 is 0 Å². The Bertz CT molecular complexity index is 5470. The molecule has 0 N–H and O–H groups in total. The summed E-state index contributed by atoms with van der Waals surface area (Å²) in [6.07, 6.45) is 0. The van der Waals surface area contributed by atoms with Crippen molar-refractivity contribution in [3.63, 3.8) is 0 Å². The van der Waals surface area contributed by atoms with Crippen LogP contribution in [0, 0.1) is 0 Å². The lowest BCUT2D eigenvalue weighted by molar-refractivity contribution is 0.437. The monoisotopic (exact) mass is 1180 g/mol. The van der Waals surface area contributed by atoms with E-state index in [1.54, 1.807) is 0 Å². The molecule has 2 aliphatic rings. The highest BCUT2D eigenvalue weighted by Gasteiger charge is 2.64. The average Bonchev–Trinajstić information content (AvgIpc) is 1.46. The highest BCUT2D eigenvalue weighted by molar-refractivity contribution is 6.10. The van der Waals surface area contributed by atoms with E-state index in [2.05, 4.69) is 277 Å². The van der Waals surface area contributed by atoms with Crippen LogP contribution in [0.1, 0.15) is 33.4 Å². The number of anilines is 6. The Kier molecular flexibility index (Phi) is 10.6. The molecule has 0 saturated carbocycles. The molecule has 0 saturated heterocycles. The van der Waals surface area contributed by atoms with Gasteiger partial charge < -0.3 is 27.5 Å². The maximum Gasteiger partial charge on any atom is 0.137 e. The molecule has 4 aromatic heterocycles. The lowest BCUT2D eigenvalue weighted by Crippen LogP contribution is -2.50. The van der Waals surface area contributed by atoms with E-state index in [9.17, 15) is 0 Å². The van der Waals surface area contributed by atoms with Gasteiger partial charge in [-0.1, -0.05) is 194 Å². The Morgan fingerprint density at radius 2 is 0.435 bits per heavy atom. The quantitative estimate of drug-likeness (QED) is 0.144. The van der Waals surface area contributed by atoms with Crippen molar-refractivity contribution in [3.05, 3.63) is 349 Å². The maximum absolute atomic E-state index is 6.72. The summed E-state index contributed by atoms with van der Waals surface area (Å²) >= 11 is 0.